The second kappa shape index (κ2) is 30.6. The van der Waals surface area contributed by atoms with E-state index in [9.17, 15) is 14.0 Å². The van der Waals surface area contributed by atoms with Crippen molar-refractivity contribution in [3.05, 3.63) is 139 Å². The predicted octanol–water partition coefficient (Wildman–Crippen LogP) is 12.9. The summed E-state index contributed by atoms with van der Waals surface area (Å²) in [6.45, 7) is 34.3. The Labute approximate surface area is 369 Å². The van der Waals surface area contributed by atoms with Crippen molar-refractivity contribution in [2.45, 2.75) is 101 Å². The van der Waals surface area contributed by atoms with Crippen LogP contribution in [0.15, 0.2) is 122 Å². The number of para-hydroxylation sites is 3. The van der Waals surface area contributed by atoms with Gasteiger partial charge in [0.2, 0.25) is 0 Å². The van der Waals surface area contributed by atoms with Crippen LogP contribution in [0.2, 0.25) is 0 Å². The zero-order valence-corrected chi connectivity index (χ0v) is 39.3. The zero-order chi connectivity index (χ0) is 45.7. The van der Waals surface area contributed by atoms with E-state index in [2.05, 4.69) is 81.1 Å². The molecule has 3 aromatic carbocycles. The Hall–Kier alpha value is -5.44. The highest BCUT2D eigenvalue weighted by Gasteiger charge is 2.36. The molecule has 0 saturated carbocycles. The number of hydrogen-bond donors (Lipinski definition) is 0. The van der Waals surface area contributed by atoms with Crippen LogP contribution in [0.1, 0.15) is 114 Å². The maximum atomic E-state index is 10.9. The second-order valence-electron chi connectivity index (χ2n) is 13.5. The Morgan fingerprint density at radius 2 is 1.34 bits per heavy atom. The van der Waals surface area contributed by atoms with E-state index in [1.807, 2.05) is 91.9 Å². The van der Waals surface area contributed by atoms with Crippen molar-refractivity contribution in [2.24, 2.45) is 5.92 Å². The summed E-state index contributed by atoms with van der Waals surface area (Å²) >= 11 is 0. The van der Waals surface area contributed by atoms with Crippen LogP contribution in [-0.4, -0.2) is 74.5 Å². The molecule has 0 unspecified atom stereocenters. The number of ether oxygens (including phenoxy) is 1. The number of allylic oxidation sites excluding steroid dienone is 1. The minimum Gasteiger partial charge on any atom is -0.492 e. The van der Waals surface area contributed by atoms with Crippen LogP contribution in [-0.2, 0) is 0 Å². The number of rotatable bonds is 10. The van der Waals surface area contributed by atoms with Gasteiger partial charge in [-0.3, -0.25) is 19.0 Å². The molecule has 0 N–H and O–H groups in total. The number of halogens is 1. The highest BCUT2D eigenvalue weighted by Crippen LogP contribution is 2.44. The Bertz CT molecular complexity index is 1840. The maximum Gasteiger partial charge on any atom is 0.160 e. The summed E-state index contributed by atoms with van der Waals surface area (Å²) in [5.74, 6) is 2.46. The van der Waals surface area contributed by atoms with Gasteiger partial charge in [0.15, 0.2) is 12.1 Å². The van der Waals surface area contributed by atoms with Gasteiger partial charge in [-0.2, -0.15) is 0 Å². The number of benzene rings is 3. The summed E-state index contributed by atoms with van der Waals surface area (Å²) in [6, 6.07) is 30.3. The number of carbonyl (C=O) groups excluding carboxylic acids is 2. The summed E-state index contributed by atoms with van der Waals surface area (Å²) in [4.78, 5) is 35.5. The highest BCUT2D eigenvalue weighted by molar-refractivity contribution is 6.01. The Morgan fingerprint density at radius 3 is 1.90 bits per heavy atom. The Morgan fingerprint density at radius 1 is 0.787 bits per heavy atom. The van der Waals surface area contributed by atoms with Crippen molar-refractivity contribution in [1.82, 2.24) is 9.88 Å². The number of pyridine rings is 1. The normalized spacial score (nSPS) is 14.1. The fourth-order valence-corrected chi connectivity index (χ4v) is 7.52. The van der Waals surface area contributed by atoms with Gasteiger partial charge < -0.3 is 24.3 Å². The molecule has 334 valence electrons. The Balaban J connectivity index is 0.000000747. The van der Waals surface area contributed by atoms with Gasteiger partial charge in [0.05, 0.1) is 25.1 Å². The van der Waals surface area contributed by atoms with E-state index in [0.29, 0.717) is 43.2 Å². The van der Waals surface area contributed by atoms with Crippen LogP contribution in [0.4, 0.5) is 21.5 Å². The summed E-state index contributed by atoms with van der Waals surface area (Å²) in [5.41, 5.74) is 7.16. The lowest BCUT2D eigenvalue weighted by molar-refractivity contribution is 0.101. The van der Waals surface area contributed by atoms with Crippen LogP contribution in [0.5, 0.6) is 5.75 Å². The standard InChI is InChI=1S/C34H41N5O.C9H8O2.4C2H6.CH3F/c1-26-25-31(13-18-35-26)37-19-14-29(15-20-37)27(2)36-21-16-30(17-22-36)39-28(3)38(33-11-7-8-12-34(33)39)23-24-40-32-9-5-4-6-10-32;1-7(11)9-5-3-2-4-8(9)6-10;5*1-2/h4-13,18,25,29-30H,2-3,14-17,19-24H2,1H3;2-6H,1H3;4*1-2H3;1H3. The monoisotopic (exact) mass is 838 g/mol. The molecule has 4 aromatic rings. The third-order valence-corrected chi connectivity index (χ3v) is 10.3. The molecule has 2 saturated heterocycles. The lowest BCUT2D eigenvalue weighted by Crippen LogP contribution is -2.46. The first-order valence-corrected chi connectivity index (χ1v) is 22.4. The van der Waals surface area contributed by atoms with Gasteiger partial charge in [-0.25, -0.2) is 0 Å². The van der Waals surface area contributed by atoms with Crippen molar-refractivity contribution in [3.63, 3.8) is 0 Å². The summed E-state index contributed by atoms with van der Waals surface area (Å²) < 4.78 is 15.5. The highest BCUT2D eigenvalue weighted by atomic mass is 19.1. The molecule has 0 spiro atoms. The number of piperidine rings is 2. The minimum absolute atomic E-state index is 0.0762. The number of fused-ring (bicyclic) bond motifs is 1. The third-order valence-electron chi connectivity index (χ3n) is 10.3. The number of alkyl halides is 1. The molecule has 9 heteroatoms. The molecule has 61 heavy (non-hydrogen) atoms. The molecule has 1 aromatic heterocycles. The summed E-state index contributed by atoms with van der Waals surface area (Å²) in [7, 11) is 0.500. The first kappa shape index (κ1) is 53.6. The molecule has 0 atom stereocenters. The molecule has 0 radical (unpaired) electrons. The van der Waals surface area contributed by atoms with Gasteiger partial charge in [-0.15, -0.1) is 0 Å². The molecule has 8 nitrogen and oxygen atoms in total. The lowest BCUT2D eigenvalue weighted by Gasteiger charge is -2.43. The van der Waals surface area contributed by atoms with Crippen molar-refractivity contribution in [2.75, 3.05) is 61.2 Å². The van der Waals surface area contributed by atoms with Gasteiger partial charge in [0.1, 0.15) is 18.2 Å². The quantitative estimate of drug-likeness (QED) is 0.116. The van der Waals surface area contributed by atoms with Gasteiger partial charge in [-0.1, -0.05) is 123 Å². The molecular weight excluding hydrogens is 762 g/mol. The smallest absolute Gasteiger partial charge is 0.160 e. The van der Waals surface area contributed by atoms with E-state index in [1.54, 1.807) is 24.3 Å². The maximum absolute atomic E-state index is 10.9. The van der Waals surface area contributed by atoms with E-state index >= 15 is 0 Å². The fourth-order valence-electron chi connectivity index (χ4n) is 7.52. The van der Waals surface area contributed by atoms with Crippen molar-refractivity contribution >= 4 is 29.1 Å². The number of hydrogen-bond acceptors (Lipinski definition) is 8. The zero-order valence-electron chi connectivity index (χ0n) is 39.3. The molecular formula is C52H76FN5O3. The van der Waals surface area contributed by atoms with Crippen LogP contribution >= 0.6 is 0 Å². The van der Waals surface area contributed by atoms with Crippen molar-refractivity contribution < 1.29 is 18.7 Å². The van der Waals surface area contributed by atoms with E-state index in [4.69, 9.17) is 4.74 Å². The molecule has 4 heterocycles. The van der Waals surface area contributed by atoms with E-state index < -0.39 is 0 Å². The first-order chi connectivity index (χ1) is 29.8. The second-order valence-corrected chi connectivity index (χ2v) is 13.5. The van der Waals surface area contributed by atoms with Crippen LogP contribution in [0.3, 0.4) is 0 Å². The number of likely N-dealkylation sites (tertiary alicyclic amines) is 1. The van der Waals surface area contributed by atoms with Gasteiger partial charge in [0, 0.05) is 72.5 Å². The number of Topliss-reactive ketones (excluding diaryl/α,β-unsaturated/α-hetero) is 1. The predicted molar refractivity (Wildman–Crippen MR) is 259 cm³/mol. The van der Waals surface area contributed by atoms with E-state index in [0.717, 1.165) is 75.7 Å². The number of ketones is 1. The van der Waals surface area contributed by atoms with Crippen molar-refractivity contribution in [3.8, 4) is 5.75 Å². The average Bonchev–Trinajstić information content (AvgIpc) is 3.62. The topological polar surface area (TPSA) is 69.2 Å². The van der Waals surface area contributed by atoms with Crippen LogP contribution < -0.4 is 19.4 Å². The van der Waals surface area contributed by atoms with Crippen LogP contribution in [0.25, 0.3) is 0 Å². The SMILES string of the molecule is C=C(C1CCN(c2ccnc(C)c2)CC1)N1CCC(N2C(=C)N(CCOc3ccccc3)c3ccccc32)CC1.CC.CC.CC.CC.CC(=O)c1ccccc1C=O.CF. The van der Waals surface area contributed by atoms with E-state index in [-0.39, 0.29) is 5.78 Å². The number of anilines is 3. The van der Waals surface area contributed by atoms with Gasteiger partial charge in [-0.05, 0) is 75.9 Å². The first-order valence-electron chi connectivity index (χ1n) is 22.4. The number of nitrogens with zero attached hydrogens (tertiary/aromatic N) is 5. The van der Waals surface area contributed by atoms with Crippen molar-refractivity contribution in [1.29, 1.82) is 0 Å². The number of aldehydes is 1. The van der Waals surface area contributed by atoms with Gasteiger partial charge >= 0.3 is 0 Å². The molecule has 3 aliphatic rings. The lowest BCUT2D eigenvalue weighted by atomic mass is 9.91. The summed E-state index contributed by atoms with van der Waals surface area (Å²) in [5, 5.41) is 0. The van der Waals surface area contributed by atoms with E-state index in [1.165, 1.54) is 29.7 Å². The molecule has 0 bridgehead atoms. The molecule has 2 fully saturated rings. The fraction of sp³-hybridized carbons (Fsp3) is 0.442. The number of aryl methyl sites for hydroxylation is 1. The average molecular weight is 838 g/mol. The number of aromatic nitrogens is 1. The third kappa shape index (κ3) is 15.5. The van der Waals surface area contributed by atoms with Gasteiger partial charge in [0.25, 0.3) is 0 Å². The van der Waals surface area contributed by atoms with Crippen LogP contribution in [0, 0.1) is 12.8 Å². The number of carbonyl (C=O) groups is 2. The Kier molecular flexibility index (Phi) is 26.8. The molecule has 0 aliphatic carbocycles. The largest absolute Gasteiger partial charge is 0.492 e. The summed E-state index contributed by atoms with van der Waals surface area (Å²) in [6.07, 6.45) is 7.15. The minimum atomic E-state index is -0.0762. The molecule has 3 aliphatic heterocycles. The molecule has 7 rings (SSSR count). The molecule has 0 amide bonds.